The Morgan fingerprint density at radius 1 is 0.879 bits per heavy atom. The van der Waals surface area contributed by atoms with Gasteiger partial charge in [0.1, 0.15) is 0 Å². The maximum atomic E-state index is 13.0. The summed E-state index contributed by atoms with van der Waals surface area (Å²) in [6.45, 7) is 5.53. The molecule has 0 amide bonds. The van der Waals surface area contributed by atoms with Crippen LogP contribution in [0.2, 0.25) is 0 Å². The Morgan fingerprint density at radius 2 is 1.58 bits per heavy atom. The van der Waals surface area contributed by atoms with E-state index in [1.54, 1.807) is 6.07 Å². The molecule has 0 saturated carbocycles. The first kappa shape index (κ1) is 24.1. The average Bonchev–Trinajstić information content (AvgIpc) is 2.78. The van der Waals surface area contributed by atoms with Crippen LogP contribution < -0.4 is 20.4 Å². The van der Waals surface area contributed by atoms with Crippen LogP contribution in [0.5, 0.6) is 0 Å². The van der Waals surface area contributed by atoms with Crippen LogP contribution in [0.4, 0.5) is 42.4 Å². The summed E-state index contributed by atoms with van der Waals surface area (Å²) in [6.07, 6.45) is -4.39. The summed E-state index contributed by atoms with van der Waals surface area (Å²) >= 11 is 0. The summed E-state index contributed by atoms with van der Waals surface area (Å²) in [5.74, 6) is 1.10. The van der Waals surface area contributed by atoms with Crippen LogP contribution in [0.1, 0.15) is 25.0 Å². The SMILES string of the molecule is CCN(CC)c1nc(NCc2cccc(C(F)(F)F)c2)nc(Nc2cccc(N(C)C)c2)n1. The van der Waals surface area contributed by atoms with E-state index in [1.807, 2.05) is 62.0 Å². The van der Waals surface area contributed by atoms with Crippen molar-refractivity contribution in [1.29, 1.82) is 0 Å². The fourth-order valence-corrected chi connectivity index (χ4v) is 3.18. The monoisotopic (exact) mass is 459 g/mol. The number of hydrogen-bond donors (Lipinski definition) is 2. The van der Waals surface area contributed by atoms with Crippen molar-refractivity contribution in [2.75, 3.05) is 47.6 Å². The highest BCUT2D eigenvalue weighted by Gasteiger charge is 2.30. The molecule has 0 aliphatic rings. The van der Waals surface area contributed by atoms with Gasteiger partial charge < -0.3 is 20.4 Å². The lowest BCUT2D eigenvalue weighted by atomic mass is 10.1. The lowest BCUT2D eigenvalue weighted by Gasteiger charge is -2.20. The summed E-state index contributed by atoms with van der Waals surface area (Å²) in [6, 6.07) is 13.0. The van der Waals surface area contributed by atoms with E-state index in [0.717, 1.165) is 23.5 Å². The van der Waals surface area contributed by atoms with Gasteiger partial charge in [-0.25, -0.2) is 0 Å². The van der Waals surface area contributed by atoms with Gasteiger partial charge in [0, 0.05) is 45.1 Å². The van der Waals surface area contributed by atoms with Crippen LogP contribution in [-0.2, 0) is 12.7 Å². The first-order chi connectivity index (χ1) is 15.7. The molecule has 0 bridgehead atoms. The third-order valence-corrected chi connectivity index (χ3v) is 4.99. The van der Waals surface area contributed by atoms with Crippen molar-refractivity contribution in [2.45, 2.75) is 26.6 Å². The standard InChI is InChI=1S/C23H28F3N7/c1-5-33(6-2)22-30-20(27-15-16-9-7-10-17(13-16)23(24,25)26)29-21(31-22)28-18-11-8-12-19(14-18)32(3)4/h7-14H,5-6,15H2,1-4H3,(H2,27,28,29,30,31). The van der Waals surface area contributed by atoms with Gasteiger partial charge in [0.2, 0.25) is 17.8 Å². The number of benzene rings is 2. The van der Waals surface area contributed by atoms with Crippen molar-refractivity contribution in [2.24, 2.45) is 0 Å². The van der Waals surface area contributed by atoms with Gasteiger partial charge in [0.15, 0.2) is 0 Å². The number of nitrogens with zero attached hydrogens (tertiary/aromatic N) is 5. The molecular formula is C23H28F3N7. The highest BCUT2D eigenvalue weighted by Crippen LogP contribution is 2.29. The van der Waals surface area contributed by atoms with Crippen LogP contribution in [0.15, 0.2) is 48.5 Å². The van der Waals surface area contributed by atoms with Crippen molar-refractivity contribution in [3.05, 3.63) is 59.7 Å². The molecule has 0 aliphatic heterocycles. The summed E-state index contributed by atoms with van der Waals surface area (Å²) < 4.78 is 39.1. The zero-order valence-corrected chi connectivity index (χ0v) is 19.1. The highest BCUT2D eigenvalue weighted by molar-refractivity contribution is 5.62. The van der Waals surface area contributed by atoms with Gasteiger partial charge in [0.05, 0.1) is 5.56 Å². The molecular weight excluding hydrogens is 431 g/mol. The number of rotatable bonds is 9. The van der Waals surface area contributed by atoms with Gasteiger partial charge in [-0.2, -0.15) is 28.1 Å². The minimum atomic E-state index is -4.39. The molecule has 176 valence electrons. The second-order valence-corrected chi connectivity index (χ2v) is 7.58. The summed E-state index contributed by atoms with van der Waals surface area (Å²) in [5, 5.41) is 6.24. The molecule has 2 N–H and O–H groups in total. The predicted octanol–water partition coefficient (Wildman–Crippen LogP) is 5.16. The fourth-order valence-electron chi connectivity index (χ4n) is 3.18. The average molecular weight is 460 g/mol. The minimum absolute atomic E-state index is 0.140. The van der Waals surface area contributed by atoms with Crippen LogP contribution in [0.25, 0.3) is 0 Å². The fraction of sp³-hybridized carbons (Fsp3) is 0.348. The first-order valence-electron chi connectivity index (χ1n) is 10.6. The molecule has 1 aromatic heterocycles. The van der Waals surface area contributed by atoms with E-state index in [2.05, 4.69) is 25.6 Å². The third kappa shape index (κ3) is 6.47. The molecule has 0 radical (unpaired) electrons. The molecule has 0 unspecified atom stereocenters. The predicted molar refractivity (Wildman–Crippen MR) is 126 cm³/mol. The van der Waals surface area contributed by atoms with Gasteiger partial charge in [-0.1, -0.05) is 18.2 Å². The van der Waals surface area contributed by atoms with Crippen molar-refractivity contribution in [3.8, 4) is 0 Å². The van der Waals surface area contributed by atoms with E-state index in [1.165, 1.54) is 6.07 Å². The molecule has 1 heterocycles. The van der Waals surface area contributed by atoms with Gasteiger partial charge in [-0.15, -0.1) is 0 Å². The van der Waals surface area contributed by atoms with Crippen LogP contribution in [0.3, 0.4) is 0 Å². The molecule has 0 spiro atoms. The van der Waals surface area contributed by atoms with Gasteiger partial charge in [-0.05, 0) is 49.7 Å². The molecule has 7 nitrogen and oxygen atoms in total. The maximum absolute atomic E-state index is 13.0. The number of nitrogens with one attached hydrogen (secondary N) is 2. The van der Waals surface area contributed by atoms with Crippen molar-refractivity contribution in [1.82, 2.24) is 15.0 Å². The smallest absolute Gasteiger partial charge is 0.378 e. The van der Waals surface area contributed by atoms with E-state index in [4.69, 9.17) is 0 Å². The lowest BCUT2D eigenvalue weighted by Crippen LogP contribution is -2.25. The molecule has 3 rings (SSSR count). The Bertz CT molecular complexity index is 1070. The van der Waals surface area contributed by atoms with Gasteiger partial charge in [-0.3, -0.25) is 0 Å². The van der Waals surface area contributed by atoms with Crippen LogP contribution in [0, 0.1) is 0 Å². The Kier molecular flexibility index (Phi) is 7.57. The van der Waals surface area contributed by atoms with E-state index in [9.17, 15) is 13.2 Å². The normalized spacial score (nSPS) is 11.2. The first-order valence-corrected chi connectivity index (χ1v) is 10.6. The Balaban J connectivity index is 1.86. The lowest BCUT2D eigenvalue weighted by molar-refractivity contribution is -0.137. The molecule has 3 aromatic rings. The summed E-state index contributed by atoms with van der Waals surface area (Å²) in [4.78, 5) is 17.4. The van der Waals surface area contributed by atoms with E-state index in [-0.39, 0.29) is 12.5 Å². The topological polar surface area (TPSA) is 69.2 Å². The zero-order valence-electron chi connectivity index (χ0n) is 19.1. The molecule has 0 saturated heterocycles. The van der Waals surface area contributed by atoms with E-state index < -0.39 is 11.7 Å². The maximum Gasteiger partial charge on any atom is 0.416 e. The largest absolute Gasteiger partial charge is 0.416 e. The van der Waals surface area contributed by atoms with Gasteiger partial charge >= 0.3 is 6.18 Å². The Hall–Kier alpha value is -3.56. The van der Waals surface area contributed by atoms with Crippen molar-refractivity contribution in [3.63, 3.8) is 0 Å². The Morgan fingerprint density at radius 3 is 2.24 bits per heavy atom. The second kappa shape index (κ2) is 10.4. The quantitative estimate of drug-likeness (QED) is 0.458. The second-order valence-electron chi connectivity index (χ2n) is 7.58. The number of alkyl halides is 3. The van der Waals surface area contributed by atoms with E-state index in [0.29, 0.717) is 30.5 Å². The van der Waals surface area contributed by atoms with Crippen LogP contribution >= 0.6 is 0 Å². The molecule has 33 heavy (non-hydrogen) atoms. The number of halogens is 3. The molecule has 10 heteroatoms. The number of anilines is 5. The highest BCUT2D eigenvalue weighted by atomic mass is 19.4. The number of aromatic nitrogens is 3. The number of hydrogen-bond acceptors (Lipinski definition) is 7. The van der Waals surface area contributed by atoms with Crippen LogP contribution in [-0.4, -0.2) is 42.1 Å². The Labute approximate surface area is 191 Å². The molecule has 0 atom stereocenters. The summed E-state index contributed by atoms with van der Waals surface area (Å²) in [7, 11) is 3.91. The molecule has 0 aliphatic carbocycles. The van der Waals surface area contributed by atoms with E-state index >= 15 is 0 Å². The van der Waals surface area contributed by atoms with Crippen molar-refractivity contribution < 1.29 is 13.2 Å². The minimum Gasteiger partial charge on any atom is -0.378 e. The third-order valence-electron chi connectivity index (χ3n) is 4.99. The molecule has 0 fully saturated rings. The van der Waals surface area contributed by atoms with Crippen molar-refractivity contribution >= 4 is 29.2 Å². The summed E-state index contributed by atoms with van der Waals surface area (Å²) in [5.41, 5.74) is 1.61. The zero-order chi connectivity index (χ0) is 24.0. The van der Waals surface area contributed by atoms with Gasteiger partial charge in [0.25, 0.3) is 0 Å². The molecule has 2 aromatic carbocycles.